The highest BCUT2D eigenvalue weighted by Crippen LogP contribution is 2.16. The van der Waals surface area contributed by atoms with Crippen molar-refractivity contribution in [3.05, 3.63) is 83.9 Å². The third-order valence-corrected chi connectivity index (χ3v) is 3.71. The second kappa shape index (κ2) is 7.57. The molecule has 22 heavy (non-hydrogen) atoms. The molecule has 0 bridgehead atoms. The van der Waals surface area contributed by atoms with Crippen LogP contribution in [0.5, 0.6) is 0 Å². The number of aryl methyl sites for hydroxylation is 1. The van der Waals surface area contributed by atoms with E-state index in [0.29, 0.717) is 13.1 Å². The molecule has 0 aliphatic rings. The lowest BCUT2D eigenvalue weighted by atomic mass is 10.0. The van der Waals surface area contributed by atoms with Gasteiger partial charge in [-0.3, -0.25) is 4.79 Å². The molecule has 0 aliphatic carbocycles. The summed E-state index contributed by atoms with van der Waals surface area (Å²) in [5, 5.41) is 0. The highest BCUT2D eigenvalue weighted by Gasteiger charge is 2.22. The second-order valence-corrected chi connectivity index (χ2v) is 5.32. The predicted molar refractivity (Wildman–Crippen MR) is 90.2 cm³/mol. The second-order valence-electron chi connectivity index (χ2n) is 5.32. The maximum absolute atomic E-state index is 12.7. The molecule has 114 valence electrons. The van der Waals surface area contributed by atoms with E-state index in [4.69, 9.17) is 5.73 Å². The Morgan fingerprint density at radius 2 is 1.82 bits per heavy atom. The Hall–Kier alpha value is -2.39. The molecule has 0 fully saturated rings. The van der Waals surface area contributed by atoms with Crippen molar-refractivity contribution in [1.29, 1.82) is 0 Å². The lowest BCUT2D eigenvalue weighted by molar-refractivity contribution is -0.132. The van der Waals surface area contributed by atoms with Crippen LogP contribution in [0.1, 0.15) is 22.7 Å². The van der Waals surface area contributed by atoms with Gasteiger partial charge in [-0.1, -0.05) is 60.7 Å². The van der Waals surface area contributed by atoms with Crippen molar-refractivity contribution in [2.75, 3.05) is 6.54 Å². The van der Waals surface area contributed by atoms with Gasteiger partial charge >= 0.3 is 0 Å². The van der Waals surface area contributed by atoms with Crippen molar-refractivity contribution in [2.24, 2.45) is 5.73 Å². The third-order valence-electron chi connectivity index (χ3n) is 3.71. The molecule has 0 unspecified atom stereocenters. The molecule has 2 N–H and O–H groups in total. The van der Waals surface area contributed by atoms with Gasteiger partial charge in [-0.15, -0.1) is 6.58 Å². The summed E-state index contributed by atoms with van der Waals surface area (Å²) < 4.78 is 0. The first kappa shape index (κ1) is 16.0. The Kier molecular flexibility index (Phi) is 5.50. The molecule has 0 aliphatic heterocycles. The van der Waals surface area contributed by atoms with Gasteiger partial charge < -0.3 is 10.6 Å². The van der Waals surface area contributed by atoms with Gasteiger partial charge in [0.25, 0.3) is 0 Å². The van der Waals surface area contributed by atoms with Gasteiger partial charge in [0.1, 0.15) is 6.04 Å². The van der Waals surface area contributed by atoms with Crippen LogP contribution in [-0.2, 0) is 11.3 Å². The van der Waals surface area contributed by atoms with Crippen LogP contribution in [0.15, 0.2) is 67.3 Å². The number of nitrogens with two attached hydrogens (primary N) is 1. The van der Waals surface area contributed by atoms with Gasteiger partial charge in [0, 0.05) is 13.1 Å². The molecule has 1 amide bonds. The maximum Gasteiger partial charge on any atom is 0.244 e. The fraction of sp³-hybridized carbons (Fsp3) is 0.211. The molecular weight excluding hydrogens is 272 g/mol. The summed E-state index contributed by atoms with van der Waals surface area (Å²) >= 11 is 0. The van der Waals surface area contributed by atoms with Crippen molar-refractivity contribution >= 4 is 5.91 Å². The molecule has 0 saturated heterocycles. The van der Waals surface area contributed by atoms with Crippen LogP contribution < -0.4 is 5.73 Å². The monoisotopic (exact) mass is 294 g/mol. The summed E-state index contributed by atoms with van der Waals surface area (Å²) in [6.07, 6.45) is 1.73. The minimum Gasteiger partial charge on any atom is -0.333 e. The zero-order chi connectivity index (χ0) is 15.9. The predicted octanol–water partition coefficient (Wildman–Crippen LogP) is 3.21. The highest BCUT2D eigenvalue weighted by molar-refractivity contribution is 5.83. The van der Waals surface area contributed by atoms with Crippen LogP contribution >= 0.6 is 0 Å². The van der Waals surface area contributed by atoms with Gasteiger partial charge in [-0.25, -0.2) is 0 Å². The minimum atomic E-state index is -0.648. The SMILES string of the molecule is C=CCN(Cc1ccccc1C)C(=O)[C@H](N)c1ccccc1. The van der Waals surface area contributed by atoms with Crippen LogP contribution in [0.25, 0.3) is 0 Å². The minimum absolute atomic E-state index is 0.0886. The molecule has 2 aromatic rings. The molecule has 1 atom stereocenters. The van der Waals surface area contributed by atoms with Crippen molar-refractivity contribution in [3.8, 4) is 0 Å². The lowest BCUT2D eigenvalue weighted by Gasteiger charge is -2.25. The van der Waals surface area contributed by atoms with Gasteiger partial charge in [-0.05, 0) is 23.6 Å². The van der Waals surface area contributed by atoms with Gasteiger partial charge in [-0.2, -0.15) is 0 Å². The number of carbonyl (C=O) groups is 1. The zero-order valence-corrected chi connectivity index (χ0v) is 12.9. The maximum atomic E-state index is 12.7. The molecule has 0 heterocycles. The van der Waals surface area contributed by atoms with Gasteiger partial charge in [0.15, 0.2) is 0 Å². The van der Waals surface area contributed by atoms with Crippen LogP contribution in [0.2, 0.25) is 0 Å². The molecule has 0 spiro atoms. The summed E-state index contributed by atoms with van der Waals surface area (Å²) in [4.78, 5) is 14.4. The van der Waals surface area contributed by atoms with Crippen molar-refractivity contribution < 1.29 is 4.79 Å². The summed E-state index contributed by atoms with van der Waals surface area (Å²) in [6.45, 7) is 6.81. The first-order chi connectivity index (χ1) is 10.6. The Bertz CT molecular complexity index is 637. The first-order valence-corrected chi connectivity index (χ1v) is 7.38. The number of hydrogen-bond donors (Lipinski definition) is 1. The van der Waals surface area contributed by atoms with E-state index in [9.17, 15) is 4.79 Å². The van der Waals surface area contributed by atoms with Gasteiger partial charge in [0.2, 0.25) is 5.91 Å². The fourth-order valence-corrected chi connectivity index (χ4v) is 2.38. The largest absolute Gasteiger partial charge is 0.333 e. The fourth-order valence-electron chi connectivity index (χ4n) is 2.38. The Morgan fingerprint density at radius 1 is 1.18 bits per heavy atom. The number of amides is 1. The summed E-state index contributed by atoms with van der Waals surface area (Å²) in [5.74, 6) is -0.0886. The molecule has 0 aromatic heterocycles. The standard InChI is InChI=1S/C19H22N2O/c1-3-13-21(14-17-12-8-7-9-15(17)2)19(22)18(20)16-10-5-4-6-11-16/h3-12,18H,1,13-14,20H2,2H3/t18-/m1/s1. The molecule has 0 saturated carbocycles. The highest BCUT2D eigenvalue weighted by atomic mass is 16.2. The lowest BCUT2D eigenvalue weighted by Crippen LogP contribution is -2.38. The molecular formula is C19H22N2O. The van der Waals surface area contributed by atoms with E-state index in [0.717, 1.165) is 16.7 Å². The van der Waals surface area contributed by atoms with Gasteiger partial charge in [0.05, 0.1) is 0 Å². The number of hydrogen-bond acceptors (Lipinski definition) is 2. The van der Waals surface area contributed by atoms with E-state index in [1.807, 2.05) is 61.5 Å². The van der Waals surface area contributed by atoms with E-state index in [1.165, 1.54) is 0 Å². The van der Waals surface area contributed by atoms with Crippen LogP contribution in [0, 0.1) is 6.92 Å². The first-order valence-electron chi connectivity index (χ1n) is 7.38. The number of rotatable bonds is 6. The third kappa shape index (κ3) is 3.83. The molecule has 2 rings (SSSR count). The van der Waals surface area contributed by atoms with Crippen molar-refractivity contribution in [1.82, 2.24) is 4.90 Å². The van der Waals surface area contributed by atoms with Crippen molar-refractivity contribution in [2.45, 2.75) is 19.5 Å². The van der Waals surface area contributed by atoms with Crippen molar-refractivity contribution in [3.63, 3.8) is 0 Å². The number of carbonyl (C=O) groups excluding carboxylic acids is 1. The Labute approximate surface area is 132 Å². The average molecular weight is 294 g/mol. The van der Waals surface area contributed by atoms with E-state index >= 15 is 0 Å². The van der Waals surface area contributed by atoms with E-state index in [1.54, 1.807) is 11.0 Å². The quantitative estimate of drug-likeness (QED) is 0.832. The average Bonchev–Trinajstić information content (AvgIpc) is 2.56. The molecule has 2 aromatic carbocycles. The van der Waals surface area contributed by atoms with Crippen LogP contribution in [0.3, 0.4) is 0 Å². The summed E-state index contributed by atoms with van der Waals surface area (Å²) in [5.41, 5.74) is 9.25. The van der Waals surface area contributed by atoms with E-state index in [-0.39, 0.29) is 5.91 Å². The molecule has 0 radical (unpaired) electrons. The summed E-state index contributed by atoms with van der Waals surface area (Å²) in [7, 11) is 0. The number of nitrogens with zero attached hydrogens (tertiary/aromatic N) is 1. The summed E-state index contributed by atoms with van der Waals surface area (Å²) in [6, 6.07) is 16.9. The topological polar surface area (TPSA) is 46.3 Å². The smallest absolute Gasteiger partial charge is 0.244 e. The molecule has 3 nitrogen and oxygen atoms in total. The van der Waals surface area contributed by atoms with E-state index in [2.05, 4.69) is 6.58 Å². The van der Waals surface area contributed by atoms with Crippen LogP contribution in [-0.4, -0.2) is 17.4 Å². The number of benzene rings is 2. The molecule has 3 heteroatoms. The normalized spacial score (nSPS) is 11.7. The Morgan fingerprint density at radius 3 is 2.45 bits per heavy atom. The Balaban J connectivity index is 2.18. The zero-order valence-electron chi connectivity index (χ0n) is 12.9. The van der Waals surface area contributed by atoms with Crippen LogP contribution in [0.4, 0.5) is 0 Å². The van der Waals surface area contributed by atoms with E-state index < -0.39 is 6.04 Å².